The molecule has 0 saturated carbocycles. The number of hydrogen-bond acceptors (Lipinski definition) is 2. The third kappa shape index (κ3) is 8.93. The van der Waals surface area contributed by atoms with E-state index in [2.05, 4.69) is 327 Å². The van der Waals surface area contributed by atoms with Crippen LogP contribution in [0.2, 0.25) is 0 Å². The SMILES string of the molecule is Cc1ccc(-c2cc(N(c3cccc(-c4ccccc4)c3)c3cccc(-c4ccccc4)c3)c3ccc4c(-c5ccc(C)cc5)cc(N(c5cccc(-c6ccccc6)c5)c5cccc(-c6ccccc6)c5)c5ccc2c3c45)cc1. The molecule has 14 aromatic rings. The molecule has 0 amide bonds. The van der Waals surface area contributed by atoms with Crippen LogP contribution in [0.15, 0.2) is 303 Å². The lowest BCUT2D eigenvalue weighted by Gasteiger charge is -2.31. The van der Waals surface area contributed by atoms with Crippen molar-refractivity contribution in [3.63, 3.8) is 0 Å². The van der Waals surface area contributed by atoms with Gasteiger partial charge in [0.2, 0.25) is 0 Å². The number of anilines is 6. The molecule has 0 atom stereocenters. The van der Waals surface area contributed by atoms with E-state index in [9.17, 15) is 0 Å². The molecule has 14 aromatic carbocycles. The highest BCUT2D eigenvalue weighted by molar-refractivity contribution is 6.32. The van der Waals surface area contributed by atoms with E-state index in [-0.39, 0.29) is 0 Å². The van der Waals surface area contributed by atoms with Gasteiger partial charge in [-0.05, 0) is 152 Å². The zero-order valence-electron chi connectivity index (χ0n) is 44.8. The minimum atomic E-state index is 1.07. The second-order valence-corrected chi connectivity index (χ2v) is 21.0. The molecule has 0 spiro atoms. The molecule has 0 bridgehead atoms. The van der Waals surface area contributed by atoms with E-state index in [0.29, 0.717) is 0 Å². The normalized spacial score (nSPS) is 11.4. The van der Waals surface area contributed by atoms with Crippen LogP contribution in [0.1, 0.15) is 11.1 Å². The lowest BCUT2D eigenvalue weighted by Crippen LogP contribution is -2.12. The fraction of sp³-hybridized carbons (Fsp3) is 0.0256. The van der Waals surface area contributed by atoms with Crippen LogP contribution in [-0.2, 0) is 0 Å². The molecule has 14 rings (SSSR count). The predicted octanol–water partition coefficient (Wildman–Crippen LogP) is 22.1. The lowest BCUT2D eigenvalue weighted by molar-refractivity contribution is 1.30. The average molecular weight is 1020 g/mol. The van der Waals surface area contributed by atoms with Crippen molar-refractivity contribution in [1.29, 1.82) is 0 Å². The van der Waals surface area contributed by atoms with Gasteiger partial charge >= 0.3 is 0 Å². The van der Waals surface area contributed by atoms with Crippen molar-refractivity contribution in [2.24, 2.45) is 0 Å². The van der Waals surface area contributed by atoms with Crippen molar-refractivity contribution in [3.8, 4) is 66.8 Å². The molecule has 0 fully saturated rings. The van der Waals surface area contributed by atoms with Gasteiger partial charge in [-0.15, -0.1) is 0 Å². The summed E-state index contributed by atoms with van der Waals surface area (Å²) in [5.74, 6) is 0. The molecule has 0 aliphatic rings. The fourth-order valence-electron chi connectivity index (χ4n) is 11.9. The van der Waals surface area contributed by atoms with Crippen molar-refractivity contribution in [2.75, 3.05) is 9.80 Å². The van der Waals surface area contributed by atoms with E-state index < -0.39 is 0 Å². The van der Waals surface area contributed by atoms with E-state index in [1.54, 1.807) is 0 Å². The standard InChI is InChI=1S/C78H56N2/c1-53-35-39-59(40-36-53)73-51-75(79(65-31-15-27-61(47-65)55-19-7-3-8-20-55)66-32-16-28-62(48-66)56-21-9-4-10-22-56)71-46-44-70-74(60-41-37-54(2)38-42-60)52-76(72-45-43-69(73)77(71)78(70)72)80(67-33-17-29-63(49-67)57-23-11-5-12-24-57)68-34-18-30-64(50-68)58-25-13-6-14-26-58/h3-52H,1-2H3. The van der Waals surface area contributed by atoms with Crippen LogP contribution in [-0.4, -0.2) is 0 Å². The second-order valence-electron chi connectivity index (χ2n) is 21.0. The largest absolute Gasteiger partial charge is 0.310 e. The first kappa shape index (κ1) is 48.1. The van der Waals surface area contributed by atoms with E-state index >= 15 is 0 Å². The number of aryl methyl sites for hydroxylation is 2. The molecular formula is C78H56N2. The molecule has 0 saturated heterocycles. The molecule has 2 heteroatoms. The first-order chi connectivity index (χ1) is 39.5. The number of benzene rings is 14. The van der Waals surface area contributed by atoms with Crippen LogP contribution < -0.4 is 9.80 Å². The third-order valence-corrected chi connectivity index (χ3v) is 15.9. The van der Waals surface area contributed by atoms with Crippen molar-refractivity contribution >= 4 is 66.4 Å². The number of nitrogens with zero attached hydrogens (tertiary/aromatic N) is 2. The van der Waals surface area contributed by atoms with E-state index in [1.165, 1.54) is 88.0 Å². The van der Waals surface area contributed by atoms with E-state index in [4.69, 9.17) is 0 Å². The van der Waals surface area contributed by atoms with Crippen LogP contribution in [0.25, 0.3) is 99.1 Å². The molecule has 0 aliphatic carbocycles. The minimum Gasteiger partial charge on any atom is -0.310 e. The Morgan fingerprint density at radius 3 is 0.750 bits per heavy atom. The fourth-order valence-corrected chi connectivity index (χ4v) is 11.9. The summed E-state index contributed by atoms with van der Waals surface area (Å²) in [5.41, 5.74) is 23.0. The van der Waals surface area contributed by atoms with Gasteiger partial charge in [0, 0.05) is 44.3 Å². The topological polar surface area (TPSA) is 6.48 Å². The summed E-state index contributed by atoms with van der Waals surface area (Å²) in [4.78, 5) is 5.00. The van der Waals surface area contributed by atoms with Crippen molar-refractivity contribution in [3.05, 3.63) is 314 Å². The number of hydrogen-bond donors (Lipinski definition) is 0. The van der Waals surface area contributed by atoms with E-state index in [1.807, 2.05) is 0 Å². The predicted molar refractivity (Wildman–Crippen MR) is 342 cm³/mol. The summed E-state index contributed by atoms with van der Waals surface area (Å²) in [7, 11) is 0. The first-order valence-electron chi connectivity index (χ1n) is 27.6. The van der Waals surface area contributed by atoms with Gasteiger partial charge in [-0.2, -0.15) is 0 Å². The Morgan fingerprint density at radius 2 is 0.463 bits per heavy atom. The van der Waals surface area contributed by atoms with Gasteiger partial charge < -0.3 is 9.80 Å². The van der Waals surface area contributed by atoms with Gasteiger partial charge in [0.25, 0.3) is 0 Å². The highest BCUT2D eigenvalue weighted by Crippen LogP contribution is 2.53. The quantitative estimate of drug-likeness (QED) is 0.113. The molecule has 0 heterocycles. The smallest absolute Gasteiger partial charge is 0.0546 e. The molecule has 0 aromatic heterocycles. The maximum atomic E-state index is 2.50. The van der Waals surface area contributed by atoms with Crippen LogP contribution in [0.5, 0.6) is 0 Å². The Labute approximate surface area is 468 Å². The van der Waals surface area contributed by atoms with Crippen molar-refractivity contribution in [2.45, 2.75) is 13.8 Å². The summed E-state index contributed by atoms with van der Waals surface area (Å²) in [6.45, 7) is 4.34. The van der Waals surface area contributed by atoms with Gasteiger partial charge in [0.15, 0.2) is 0 Å². The Hall–Kier alpha value is -10.3. The third-order valence-electron chi connectivity index (χ3n) is 15.9. The Balaban J connectivity index is 1.11. The maximum absolute atomic E-state index is 2.50. The van der Waals surface area contributed by atoms with Gasteiger partial charge in [-0.25, -0.2) is 0 Å². The van der Waals surface area contributed by atoms with Crippen LogP contribution in [0.4, 0.5) is 34.1 Å². The Kier molecular flexibility index (Phi) is 12.4. The van der Waals surface area contributed by atoms with E-state index in [0.717, 1.165) is 56.4 Å². The van der Waals surface area contributed by atoms with Crippen LogP contribution >= 0.6 is 0 Å². The number of rotatable bonds is 12. The first-order valence-corrected chi connectivity index (χ1v) is 27.6. The molecule has 0 N–H and O–H groups in total. The summed E-state index contributed by atoms with van der Waals surface area (Å²) in [6, 6.07) is 112. The zero-order chi connectivity index (χ0) is 53.5. The Morgan fingerprint density at radius 1 is 0.200 bits per heavy atom. The Bertz CT molecular complexity index is 4050. The van der Waals surface area contributed by atoms with Gasteiger partial charge in [-0.3, -0.25) is 0 Å². The van der Waals surface area contributed by atoms with Crippen LogP contribution in [0, 0.1) is 13.8 Å². The second kappa shape index (κ2) is 20.6. The monoisotopic (exact) mass is 1020 g/mol. The average Bonchev–Trinajstić information content (AvgIpc) is 3.67. The minimum absolute atomic E-state index is 1.07. The summed E-state index contributed by atoms with van der Waals surface area (Å²) >= 11 is 0. The van der Waals surface area contributed by atoms with Gasteiger partial charge in [-0.1, -0.05) is 254 Å². The molecule has 378 valence electrons. The summed E-state index contributed by atoms with van der Waals surface area (Å²) in [5, 5.41) is 7.19. The lowest BCUT2D eigenvalue weighted by atomic mass is 9.85. The summed E-state index contributed by atoms with van der Waals surface area (Å²) < 4.78 is 0. The molecule has 0 unspecified atom stereocenters. The van der Waals surface area contributed by atoms with Gasteiger partial charge in [0.05, 0.1) is 11.4 Å². The highest BCUT2D eigenvalue weighted by Gasteiger charge is 2.27. The molecule has 0 radical (unpaired) electrons. The molecule has 80 heavy (non-hydrogen) atoms. The molecule has 2 nitrogen and oxygen atoms in total. The van der Waals surface area contributed by atoms with Crippen LogP contribution in [0.3, 0.4) is 0 Å². The van der Waals surface area contributed by atoms with Crippen molar-refractivity contribution in [1.82, 2.24) is 0 Å². The van der Waals surface area contributed by atoms with Gasteiger partial charge in [0.1, 0.15) is 0 Å². The maximum Gasteiger partial charge on any atom is 0.0546 e. The summed E-state index contributed by atoms with van der Waals surface area (Å²) in [6.07, 6.45) is 0. The highest BCUT2D eigenvalue weighted by atomic mass is 15.2. The molecule has 0 aliphatic heterocycles. The molecular weight excluding hydrogens is 965 g/mol. The zero-order valence-corrected chi connectivity index (χ0v) is 44.8. The van der Waals surface area contributed by atoms with Crippen molar-refractivity contribution < 1.29 is 0 Å².